The number of hydrogen-bond acceptors (Lipinski definition) is 4. The molecule has 30 heavy (non-hydrogen) atoms. The van der Waals surface area contributed by atoms with E-state index in [1.807, 2.05) is 0 Å². The number of piperidine rings is 1. The Hall–Kier alpha value is -2.14. The number of benzene rings is 2. The molecule has 4 nitrogen and oxygen atoms in total. The van der Waals surface area contributed by atoms with E-state index >= 15 is 0 Å². The highest BCUT2D eigenvalue weighted by Crippen LogP contribution is 2.43. The fourth-order valence-corrected chi connectivity index (χ4v) is 5.25. The van der Waals surface area contributed by atoms with Crippen LogP contribution in [0.25, 0.3) is 5.70 Å². The van der Waals surface area contributed by atoms with E-state index in [2.05, 4.69) is 71.4 Å². The number of nitrogens with zero attached hydrogens (tertiary/aromatic N) is 1. The van der Waals surface area contributed by atoms with Crippen LogP contribution in [0.3, 0.4) is 0 Å². The second kappa shape index (κ2) is 8.18. The summed E-state index contributed by atoms with van der Waals surface area (Å²) in [5.41, 5.74) is 10.3. The molecule has 4 heteroatoms. The van der Waals surface area contributed by atoms with E-state index in [9.17, 15) is 0 Å². The van der Waals surface area contributed by atoms with Gasteiger partial charge in [0.25, 0.3) is 0 Å². The molecule has 1 spiro atoms. The average molecular weight is 404 g/mol. The smallest absolute Gasteiger partial charge is 0.0723 e. The Labute approximate surface area is 180 Å². The van der Waals surface area contributed by atoms with Crippen LogP contribution in [0, 0.1) is 0 Å². The van der Waals surface area contributed by atoms with Crippen molar-refractivity contribution < 1.29 is 4.74 Å². The van der Waals surface area contributed by atoms with Crippen molar-refractivity contribution in [2.45, 2.75) is 55.8 Å². The van der Waals surface area contributed by atoms with Crippen LogP contribution >= 0.6 is 0 Å². The van der Waals surface area contributed by atoms with Crippen molar-refractivity contribution in [2.24, 2.45) is 5.73 Å². The van der Waals surface area contributed by atoms with Crippen LogP contribution in [0.5, 0.6) is 0 Å². The highest BCUT2D eigenvalue weighted by atomic mass is 16.5. The SMILES string of the molecule is C=C(N)c1ccc(CN2CCC3(CC2)CC(N[C@@H]2C[C@H]2c2ccccc2)CO3)cc1. The summed E-state index contributed by atoms with van der Waals surface area (Å²) in [6.45, 7) is 7.88. The lowest BCUT2D eigenvalue weighted by atomic mass is 9.87. The molecule has 2 aromatic rings. The first-order valence-electron chi connectivity index (χ1n) is 11.3. The lowest BCUT2D eigenvalue weighted by Gasteiger charge is -2.38. The Bertz CT molecular complexity index is 871. The Morgan fingerprint density at radius 3 is 2.53 bits per heavy atom. The van der Waals surface area contributed by atoms with Gasteiger partial charge in [0, 0.05) is 43.3 Å². The molecule has 2 heterocycles. The number of hydrogen-bond donors (Lipinski definition) is 2. The van der Waals surface area contributed by atoms with E-state index in [0.717, 1.165) is 51.1 Å². The first-order chi connectivity index (χ1) is 14.6. The predicted octanol–water partition coefficient (Wildman–Crippen LogP) is 3.89. The molecule has 1 saturated carbocycles. The van der Waals surface area contributed by atoms with Crippen LogP contribution < -0.4 is 11.1 Å². The third-order valence-electron chi connectivity index (χ3n) is 7.18. The summed E-state index contributed by atoms with van der Waals surface area (Å²) < 4.78 is 6.39. The van der Waals surface area contributed by atoms with Crippen molar-refractivity contribution >= 4 is 5.70 Å². The van der Waals surface area contributed by atoms with Crippen molar-refractivity contribution in [1.29, 1.82) is 0 Å². The maximum absolute atomic E-state index is 6.39. The summed E-state index contributed by atoms with van der Waals surface area (Å²) in [6, 6.07) is 20.5. The average Bonchev–Trinajstić information content (AvgIpc) is 3.43. The molecule has 1 aliphatic carbocycles. The topological polar surface area (TPSA) is 50.5 Å². The van der Waals surface area contributed by atoms with Crippen LogP contribution in [0.4, 0.5) is 0 Å². The maximum atomic E-state index is 6.39. The van der Waals surface area contributed by atoms with Crippen LogP contribution in [0.1, 0.15) is 48.3 Å². The number of likely N-dealkylation sites (tertiary alicyclic amines) is 1. The number of nitrogens with two attached hydrogens (primary N) is 1. The normalized spacial score (nSPS) is 27.9. The standard InChI is InChI=1S/C26H33N3O/c1-19(27)21-9-7-20(8-10-21)17-29-13-11-26(12-14-29)16-23(18-30-26)28-25-15-24(25)22-5-3-2-4-6-22/h2-10,23-25,28H,1,11-18,27H2/t23?,24-,25+/m0/s1. The Kier molecular flexibility index (Phi) is 5.40. The van der Waals surface area contributed by atoms with Gasteiger partial charge in [-0.1, -0.05) is 61.2 Å². The Balaban J connectivity index is 1.09. The molecule has 3 aliphatic rings. The molecule has 0 aromatic heterocycles. The second-order valence-corrected chi connectivity index (χ2v) is 9.42. The lowest BCUT2D eigenvalue weighted by molar-refractivity contribution is -0.0449. The molecule has 3 fully saturated rings. The Morgan fingerprint density at radius 2 is 1.83 bits per heavy atom. The van der Waals surface area contributed by atoms with Crippen molar-refractivity contribution in [1.82, 2.24) is 10.2 Å². The highest BCUT2D eigenvalue weighted by molar-refractivity contribution is 5.60. The number of ether oxygens (including phenoxy) is 1. The Morgan fingerprint density at radius 1 is 1.10 bits per heavy atom. The zero-order chi connectivity index (χ0) is 20.6. The van der Waals surface area contributed by atoms with Gasteiger partial charge in [0.05, 0.1) is 12.2 Å². The monoisotopic (exact) mass is 403 g/mol. The van der Waals surface area contributed by atoms with Crippen LogP contribution in [-0.2, 0) is 11.3 Å². The van der Waals surface area contributed by atoms with Gasteiger partial charge < -0.3 is 15.8 Å². The van der Waals surface area contributed by atoms with E-state index in [4.69, 9.17) is 10.5 Å². The molecule has 5 rings (SSSR count). The van der Waals surface area contributed by atoms with E-state index in [-0.39, 0.29) is 5.60 Å². The van der Waals surface area contributed by atoms with Crippen molar-refractivity contribution in [3.05, 3.63) is 77.9 Å². The maximum Gasteiger partial charge on any atom is 0.0723 e. The van der Waals surface area contributed by atoms with Gasteiger partial charge in [-0.2, -0.15) is 0 Å². The number of rotatable bonds is 6. The summed E-state index contributed by atoms with van der Waals surface area (Å²) in [6.07, 6.45) is 4.69. The molecule has 0 bridgehead atoms. The van der Waals surface area contributed by atoms with Crippen LogP contribution in [0.15, 0.2) is 61.2 Å². The minimum absolute atomic E-state index is 0.0897. The summed E-state index contributed by atoms with van der Waals surface area (Å²) >= 11 is 0. The van der Waals surface area contributed by atoms with Crippen LogP contribution in [-0.4, -0.2) is 42.3 Å². The highest BCUT2D eigenvalue weighted by Gasteiger charge is 2.46. The molecule has 2 saturated heterocycles. The molecule has 1 unspecified atom stereocenters. The zero-order valence-electron chi connectivity index (χ0n) is 17.7. The van der Waals surface area contributed by atoms with E-state index in [0.29, 0.717) is 23.7 Å². The molecular weight excluding hydrogens is 370 g/mol. The zero-order valence-corrected chi connectivity index (χ0v) is 17.7. The largest absolute Gasteiger partial charge is 0.399 e. The summed E-state index contributed by atoms with van der Waals surface area (Å²) in [5, 5.41) is 3.88. The third kappa shape index (κ3) is 4.31. The predicted molar refractivity (Wildman–Crippen MR) is 122 cm³/mol. The molecule has 3 N–H and O–H groups in total. The fraction of sp³-hybridized carbons (Fsp3) is 0.462. The van der Waals surface area contributed by atoms with Crippen LogP contribution in [0.2, 0.25) is 0 Å². The molecule has 3 atom stereocenters. The van der Waals surface area contributed by atoms with Gasteiger partial charge in [0.1, 0.15) is 0 Å². The minimum atomic E-state index is 0.0897. The molecule has 2 aliphatic heterocycles. The number of nitrogens with one attached hydrogen (secondary N) is 1. The fourth-order valence-electron chi connectivity index (χ4n) is 5.25. The first-order valence-corrected chi connectivity index (χ1v) is 11.3. The van der Waals surface area contributed by atoms with E-state index in [1.165, 1.54) is 17.5 Å². The van der Waals surface area contributed by atoms with Gasteiger partial charge in [-0.25, -0.2) is 0 Å². The molecule has 2 aromatic carbocycles. The van der Waals surface area contributed by atoms with Gasteiger partial charge in [-0.15, -0.1) is 0 Å². The first kappa shape index (κ1) is 19.8. The molecule has 0 amide bonds. The summed E-state index contributed by atoms with van der Waals surface area (Å²) in [7, 11) is 0. The van der Waals surface area contributed by atoms with Gasteiger partial charge in [0.2, 0.25) is 0 Å². The second-order valence-electron chi connectivity index (χ2n) is 9.42. The summed E-state index contributed by atoms with van der Waals surface area (Å²) in [5.74, 6) is 0.687. The minimum Gasteiger partial charge on any atom is -0.399 e. The van der Waals surface area contributed by atoms with E-state index in [1.54, 1.807) is 0 Å². The molecule has 0 radical (unpaired) electrons. The van der Waals surface area contributed by atoms with E-state index < -0.39 is 0 Å². The van der Waals surface area contributed by atoms with Crippen molar-refractivity contribution in [2.75, 3.05) is 19.7 Å². The van der Waals surface area contributed by atoms with Crippen molar-refractivity contribution in [3.8, 4) is 0 Å². The lowest BCUT2D eigenvalue weighted by Crippen LogP contribution is -2.44. The summed E-state index contributed by atoms with van der Waals surface area (Å²) in [4.78, 5) is 2.55. The van der Waals surface area contributed by atoms with Gasteiger partial charge in [-0.3, -0.25) is 4.90 Å². The van der Waals surface area contributed by atoms with Gasteiger partial charge in [0.15, 0.2) is 0 Å². The van der Waals surface area contributed by atoms with Gasteiger partial charge >= 0.3 is 0 Å². The molecule has 158 valence electrons. The quantitative estimate of drug-likeness (QED) is 0.768. The van der Waals surface area contributed by atoms with Gasteiger partial charge in [-0.05, 0) is 42.4 Å². The molecular formula is C26H33N3O. The third-order valence-corrected chi connectivity index (χ3v) is 7.18. The van der Waals surface area contributed by atoms with Crippen molar-refractivity contribution in [3.63, 3.8) is 0 Å².